The van der Waals surface area contributed by atoms with Gasteiger partial charge in [0.15, 0.2) is 0 Å². The van der Waals surface area contributed by atoms with Gasteiger partial charge in [0.25, 0.3) is 0 Å². The molecule has 3 N–H and O–H groups in total. The van der Waals surface area contributed by atoms with E-state index in [0.29, 0.717) is 5.82 Å². The van der Waals surface area contributed by atoms with E-state index in [1.165, 1.54) is 16.7 Å². The predicted molar refractivity (Wildman–Crippen MR) is 86.2 cm³/mol. The molecule has 3 aromatic rings. The Bertz CT molecular complexity index is 716. The molecule has 1 atom stereocenters. The first kappa shape index (κ1) is 13.4. The Labute approximate surface area is 124 Å². The summed E-state index contributed by atoms with van der Waals surface area (Å²) in [5.41, 5.74) is 10.6. The van der Waals surface area contributed by atoms with Crippen LogP contribution in [0.3, 0.4) is 0 Å². The molecule has 0 bridgehead atoms. The normalized spacial score (nSPS) is 12.2. The van der Waals surface area contributed by atoms with Crippen molar-refractivity contribution in [2.24, 2.45) is 0 Å². The number of rotatable bonds is 4. The highest BCUT2D eigenvalue weighted by Crippen LogP contribution is 2.24. The Morgan fingerprint density at radius 1 is 1.00 bits per heavy atom. The summed E-state index contributed by atoms with van der Waals surface area (Å²) in [6.45, 7) is 2.16. The fourth-order valence-corrected chi connectivity index (χ4v) is 2.56. The SMILES string of the molecule is CC(c1cccc(Cc2ccccc2)c1)c1cc(N)n[nH]1. The molecule has 3 heteroatoms. The molecule has 1 unspecified atom stereocenters. The summed E-state index contributed by atoms with van der Waals surface area (Å²) in [5.74, 6) is 0.794. The van der Waals surface area contributed by atoms with E-state index in [4.69, 9.17) is 5.73 Å². The molecule has 0 amide bonds. The third-order valence-corrected chi connectivity index (χ3v) is 3.79. The van der Waals surface area contributed by atoms with Crippen molar-refractivity contribution in [1.29, 1.82) is 0 Å². The third kappa shape index (κ3) is 3.14. The maximum absolute atomic E-state index is 5.68. The summed E-state index contributed by atoms with van der Waals surface area (Å²) in [6, 6.07) is 21.1. The van der Waals surface area contributed by atoms with Gasteiger partial charge in [-0.15, -0.1) is 0 Å². The Morgan fingerprint density at radius 2 is 1.76 bits per heavy atom. The van der Waals surface area contributed by atoms with E-state index in [2.05, 4.69) is 65.7 Å². The van der Waals surface area contributed by atoms with Crippen molar-refractivity contribution in [3.8, 4) is 0 Å². The Kier molecular flexibility index (Phi) is 3.73. The largest absolute Gasteiger partial charge is 0.382 e. The standard InChI is InChI=1S/C18H19N3/c1-13(17-12-18(19)21-20-17)16-9-5-8-15(11-16)10-14-6-3-2-4-7-14/h2-9,11-13H,10H2,1H3,(H3,19,20,21). The molecule has 0 saturated heterocycles. The summed E-state index contributed by atoms with van der Waals surface area (Å²) in [4.78, 5) is 0. The van der Waals surface area contributed by atoms with E-state index >= 15 is 0 Å². The summed E-state index contributed by atoms with van der Waals surface area (Å²) in [5, 5.41) is 7.00. The van der Waals surface area contributed by atoms with Crippen LogP contribution < -0.4 is 5.73 Å². The van der Waals surface area contributed by atoms with Crippen LogP contribution in [-0.4, -0.2) is 10.2 Å². The predicted octanol–water partition coefficient (Wildman–Crippen LogP) is 3.73. The first-order chi connectivity index (χ1) is 10.2. The minimum absolute atomic E-state index is 0.255. The average molecular weight is 277 g/mol. The number of nitrogens with two attached hydrogens (primary N) is 1. The molecule has 0 aliphatic heterocycles. The number of H-pyrrole nitrogens is 1. The number of nitrogens with zero attached hydrogens (tertiary/aromatic N) is 1. The molecule has 3 nitrogen and oxygen atoms in total. The van der Waals surface area contributed by atoms with E-state index in [1.54, 1.807) is 0 Å². The lowest BCUT2D eigenvalue weighted by molar-refractivity contribution is 0.852. The summed E-state index contributed by atoms with van der Waals surface area (Å²) in [6.07, 6.45) is 0.951. The molecule has 0 fully saturated rings. The number of hydrogen-bond acceptors (Lipinski definition) is 2. The Morgan fingerprint density at radius 3 is 2.48 bits per heavy atom. The molecular formula is C18H19N3. The van der Waals surface area contributed by atoms with Gasteiger partial charge >= 0.3 is 0 Å². The number of hydrogen-bond donors (Lipinski definition) is 2. The van der Waals surface area contributed by atoms with E-state index in [1.807, 2.05) is 12.1 Å². The number of aromatic nitrogens is 2. The molecule has 0 aliphatic rings. The van der Waals surface area contributed by atoms with Crippen LogP contribution >= 0.6 is 0 Å². The van der Waals surface area contributed by atoms with Crippen LogP contribution in [0.5, 0.6) is 0 Å². The van der Waals surface area contributed by atoms with E-state index < -0.39 is 0 Å². The van der Waals surface area contributed by atoms with Crippen molar-refractivity contribution in [2.75, 3.05) is 5.73 Å². The summed E-state index contributed by atoms with van der Waals surface area (Å²) >= 11 is 0. The van der Waals surface area contributed by atoms with Gasteiger partial charge in [-0.1, -0.05) is 61.5 Å². The van der Waals surface area contributed by atoms with Crippen molar-refractivity contribution < 1.29 is 0 Å². The average Bonchev–Trinajstić information content (AvgIpc) is 2.94. The van der Waals surface area contributed by atoms with Crippen LogP contribution in [0.25, 0.3) is 0 Å². The summed E-state index contributed by atoms with van der Waals surface area (Å²) in [7, 11) is 0. The van der Waals surface area contributed by atoms with Gasteiger partial charge in [0.05, 0.1) is 0 Å². The fourth-order valence-electron chi connectivity index (χ4n) is 2.56. The second-order valence-corrected chi connectivity index (χ2v) is 5.38. The van der Waals surface area contributed by atoms with Crippen LogP contribution in [0.4, 0.5) is 5.82 Å². The molecule has 0 saturated carbocycles. The van der Waals surface area contributed by atoms with Gasteiger partial charge in [-0.2, -0.15) is 5.10 Å². The van der Waals surface area contributed by atoms with Crippen LogP contribution in [0.2, 0.25) is 0 Å². The first-order valence-corrected chi connectivity index (χ1v) is 7.16. The van der Waals surface area contributed by atoms with Crippen molar-refractivity contribution in [1.82, 2.24) is 10.2 Å². The molecule has 3 rings (SSSR count). The molecule has 106 valence electrons. The molecule has 0 spiro atoms. The van der Waals surface area contributed by atoms with Crippen molar-refractivity contribution in [3.63, 3.8) is 0 Å². The third-order valence-electron chi connectivity index (χ3n) is 3.79. The highest BCUT2D eigenvalue weighted by atomic mass is 15.2. The Hall–Kier alpha value is -2.55. The van der Waals surface area contributed by atoms with Crippen molar-refractivity contribution in [2.45, 2.75) is 19.3 Å². The van der Waals surface area contributed by atoms with Gasteiger partial charge in [0.1, 0.15) is 5.82 Å². The lowest BCUT2D eigenvalue weighted by Gasteiger charge is -2.11. The quantitative estimate of drug-likeness (QED) is 0.763. The van der Waals surface area contributed by atoms with Gasteiger partial charge in [-0.3, -0.25) is 5.10 Å². The van der Waals surface area contributed by atoms with Crippen LogP contribution in [0.15, 0.2) is 60.7 Å². The number of nitrogens with one attached hydrogen (secondary N) is 1. The number of nitrogen functional groups attached to an aromatic ring is 1. The maximum Gasteiger partial charge on any atom is 0.145 e. The smallest absolute Gasteiger partial charge is 0.145 e. The van der Waals surface area contributed by atoms with Gasteiger partial charge in [-0.05, 0) is 23.1 Å². The molecule has 0 radical (unpaired) electrons. The van der Waals surface area contributed by atoms with Gasteiger partial charge in [0, 0.05) is 17.7 Å². The van der Waals surface area contributed by atoms with Crippen molar-refractivity contribution >= 4 is 5.82 Å². The highest BCUT2D eigenvalue weighted by molar-refractivity contribution is 5.37. The van der Waals surface area contributed by atoms with E-state index in [-0.39, 0.29) is 5.92 Å². The van der Waals surface area contributed by atoms with Gasteiger partial charge in [0.2, 0.25) is 0 Å². The minimum atomic E-state index is 0.255. The number of aromatic amines is 1. The van der Waals surface area contributed by atoms with Crippen LogP contribution in [-0.2, 0) is 6.42 Å². The van der Waals surface area contributed by atoms with Gasteiger partial charge < -0.3 is 5.73 Å². The minimum Gasteiger partial charge on any atom is -0.382 e. The zero-order valence-electron chi connectivity index (χ0n) is 12.1. The molecule has 21 heavy (non-hydrogen) atoms. The summed E-state index contributed by atoms with van der Waals surface area (Å²) < 4.78 is 0. The second-order valence-electron chi connectivity index (χ2n) is 5.38. The maximum atomic E-state index is 5.68. The van der Waals surface area contributed by atoms with Crippen LogP contribution in [0, 0.1) is 0 Å². The molecule has 1 heterocycles. The lowest BCUT2D eigenvalue weighted by Crippen LogP contribution is -1.98. The highest BCUT2D eigenvalue weighted by Gasteiger charge is 2.11. The zero-order valence-corrected chi connectivity index (χ0v) is 12.1. The van der Waals surface area contributed by atoms with Crippen molar-refractivity contribution in [3.05, 3.63) is 83.0 Å². The van der Waals surface area contributed by atoms with Crippen LogP contribution in [0.1, 0.15) is 35.2 Å². The zero-order chi connectivity index (χ0) is 14.7. The molecule has 0 aliphatic carbocycles. The fraction of sp³-hybridized carbons (Fsp3) is 0.167. The van der Waals surface area contributed by atoms with E-state index in [9.17, 15) is 0 Å². The molecule has 1 aromatic heterocycles. The lowest BCUT2D eigenvalue weighted by atomic mass is 9.94. The first-order valence-electron chi connectivity index (χ1n) is 7.16. The topological polar surface area (TPSA) is 54.7 Å². The molecule has 2 aromatic carbocycles. The monoisotopic (exact) mass is 277 g/mol. The van der Waals surface area contributed by atoms with E-state index in [0.717, 1.165) is 12.1 Å². The second kappa shape index (κ2) is 5.83. The van der Waals surface area contributed by atoms with Gasteiger partial charge in [-0.25, -0.2) is 0 Å². The number of anilines is 1. The Balaban J connectivity index is 1.83. The number of benzene rings is 2. The molecular weight excluding hydrogens is 258 g/mol.